The Kier molecular flexibility index (Phi) is 4.29. The van der Waals surface area contributed by atoms with E-state index in [4.69, 9.17) is 14.7 Å². The van der Waals surface area contributed by atoms with Crippen molar-refractivity contribution in [2.75, 3.05) is 7.11 Å². The number of rotatable bonds is 5. The Bertz CT molecular complexity index is 783. The van der Waals surface area contributed by atoms with Crippen LogP contribution in [0.5, 0.6) is 17.4 Å². The normalized spacial score (nSPS) is 9.64. The van der Waals surface area contributed by atoms with Gasteiger partial charge >= 0.3 is 5.69 Å². The van der Waals surface area contributed by atoms with Crippen molar-refractivity contribution in [2.45, 2.75) is 0 Å². The Labute approximate surface area is 124 Å². The zero-order chi connectivity index (χ0) is 16.1. The van der Waals surface area contributed by atoms with Crippen molar-refractivity contribution in [1.82, 2.24) is 4.98 Å². The topological polar surface area (TPSA) is 115 Å². The van der Waals surface area contributed by atoms with E-state index in [1.54, 1.807) is 12.1 Å². The van der Waals surface area contributed by atoms with Gasteiger partial charge in [-0.1, -0.05) is 0 Å². The molecule has 0 aliphatic heterocycles. The molecule has 0 N–H and O–H groups in total. The van der Waals surface area contributed by atoms with E-state index in [1.165, 1.54) is 25.3 Å². The maximum absolute atomic E-state index is 10.8. The van der Waals surface area contributed by atoms with Crippen LogP contribution in [-0.2, 0) is 0 Å². The third-order valence-electron chi connectivity index (χ3n) is 2.69. The highest BCUT2D eigenvalue weighted by atomic mass is 16.6. The number of hydrogen-bond acceptors (Lipinski definition) is 7. The standard InChI is InChI=1S/C14H9N3O5/c1-21-12-4-2-9(8-18)6-13(12)22-14-5-3-11(17(19)20)10(7-15)16-14/h2-6,8H,1H3. The Morgan fingerprint density at radius 2 is 2.09 bits per heavy atom. The van der Waals surface area contributed by atoms with Crippen LogP contribution in [0.25, 0.3) is 0 Å². The molecule has 1 aromatic heterocycles. The molecule has 1 heterocycles. The number of nitro groups is 1. The summed E-state index contributed by atoms with van der Waals surface area (Å²) in [5.41, 5.74) is -0.422. The lowest BCUT2D eigenvalue weighted by Gasteiger charge is -2.10. The van der Waals surface area contributed by atoms with E-state index in [0.717, 1.165) is 6.07 Å². The molecule has 0 fully saturated rings. The van der Waals surface area contributed by atoms with Crippen LogP contribution in [0.15, 0.2) is 30.3 Å². The van der Waals surface area contributed by atoms with Gasteiger partial charge in [-0.25, -0.2) is 0 Å². The van der Waals surface area contributed by atoms with Gasteiger partial charge < -0.3 is 9.47 Å². The number of nitriles is 1. The van der Waals surface area contributed by atoms with Crippen molar-refractivity contribution in [3.63, 3.8) is 0 Å². The molecule has 22 heavy (non-hydrogen) atoms. The van der Waals surface area contributed by atoms with Gasteiger partial charge in [0.2, 0.25) is 11.6 Å². The number of nitrogens with zero attached hydrogens (tertiary/aromatic N) is 3. The number of pyridine rings is 1. The first-order valence-corrected chi connectivity index (χ1v) is 5.95. The van der Waals surface area contributed by atoms with Gasteiger partial charge in [-0.15, -0.1) is 0 Å². The highest BCUT2D eigenvalue weighted by Gasteiger charge is 2.17. The van der Waals surface area contributed by atoms with Crippen LogP contribution in [0.2, 0.25) is 0 Å². The van der Waals surface area contributed by atoms with Crippen LogP contribution in [-0.4, -0.2) is 23.3 Å². The summed E-state index contributed by atoms with van der Waals surface area (Å²) < 4.78 is 10.5. The van der Waals surface area contributed by atoms with Gasteiger partial charge in [0.05, 0.1) is 12.0 Å². The van der Waals surface area contributed by atoms with Crippen LogP contribution in [0.1, 0.15) is 16.1 Å². The summed E-state index contributed by atoms with van der Waals surface area (Å²) in [6.45, 7) is 0. The molecule has 2 aromatic rings. The molecule has 1 aromatic carbocycles. The van der Waals surface area contributed by atoms with E-state index in [9.17, 15) is 14.9 Å². The number of methoxy groups -OCH3 is 1. The first-order valence-electron chi connectivity index (χ1n) is 5.95. The number of benzene rings is 1. The Balaban J connectivity index is 2.41. The summed E-state index contributed by atoms with van der Waals surface area (Å²) >= 11 is 0. The largest absolute Gasteiger partial charge is 0.493 e. The van der Waals surface area contributed by atoms with Crippen molar-refractivity contribution >= 4 is 12.0 Å². The minimum atomic E-state index is -0.705. The van der Waals surface area contributed by atoms with Crippen LogP contribution in [0.4, 0.5) is 5.69 Å². The van der Waals surface area contributed by atoms with E-state index in [0.29, 0.717) is 17.6 Å². The molecular weight excluding hydrogens is 290 g/mol. The lowest BCUT2D eigenvalue weighted by molar-refractivity contribution is -0.385. The van der Waals surface area contributed by atoms with Crippen molar-refractivity contribution < 1.29 is 19.2 Å². The predicted octanol–water partition coefficient (Wildman–Crippen LogP) is 2.47. The maximum Gasteiger partial charge on any atom is 0.305 e. The lowest BCUT2D eigenvalue weighted by Crippen LogP contribution is -1.98. The summed E-state index contributed by atoms with van der Waals surface area (Å²) in [7, 11) is 1.42. The van der Waals surface area contributed by atoms with Crippen LogP contribution in [0.3, 0.4) is 0 Å². The Morgan fingerprint density at radius 3 is 2.68 bits per heavy atom. The lowest BCUT2D eigenvalue weighted by atomic mass is 10.2. The first kappa shape index (κ1) is 14.9. The van der Waals surface area contributed by atoms with E-state index in [-0.39, 0.29) is 17.3 Å². The minimum Gasteiger partial charge on any atom is -0.493 e. The number of hydrogen-bond donors (Lipinski definition) is 0. The fourth-order valence-electron chi connectivity index (χ4n) is 1.68. The second-order valence-corrected chi connectivity index (χ2v) is 4.02. The number of carbonyl (C=O) groups excluding carboxylic acids is 1. The van der Waals surface area contributed by atoms with Crippen molar-refractivity contribution in [1.29, 1.82) is 5.26 Å². The first-order chi connectivity index (χ1) is 10.6. The smallest absolute Gasteiger partial charge is 0.305 e. The summed E-state index contributed by atoms with van der Waals surface area (Å²) in [6, 6.07) is 8.53. The molecule has 8 heteroatoms. The number of carbonyl (C=O) groups is 1. The van der Waals surface area contributed by atoms with Gasteiger partial charge in [-0.2, -0.15) is 10.2 Å². The highest BCUT2D eigenvalue weighted by Crippen LogP contribution is 2.32. The van der Waals surface area contributed by atoms with Crippen LogP contribution in [0, 0.1) is 21.4 Å². The van der Waals surface area contributed by atoms with E-state index < -0.39 is 10.6 Å². The molecule has 0 spiro atoms. The quantitative estimate of drug-likeness (QED) is 0.473. The molecule has 0 aliphatic carbocycles. The predicted molar refractivity (Wildman–Crippen MR) is 74.1 cm³/mol. The molecular formula is C14H9N3O5. The monoisotopic (exact) mass is 299 g/mol. The fourth-order valence-corrected chi connectivity index (χ4v) is 1.68. The second kappa shape index (κ2) is 6.32. The third-order valence-corrected chi connectivity index (χ3v) is 2.69. The van der Waals surface area contributed by atoms with Gasteiger partial charge in [0.15, 0.2) is 11.5 Å². The molecule has 0 atom stereocenters. The van der Waals surface area contributed by atoms with Gasteiger partial charge in [0, 0.05) is 17.7 Å². The summed E-state index contributed by atoms with van der Waals surface area (Å²) in [6.07, 6.45) is 0.635. The van der Waals surface area contributed by atoms with Gasteiger partial charge in [-0.05, 0) is 18.2 Å². The molecule has 0 unspecified atom stereocenters. The molecule has 0 radical (unpaired) electrons. The van der Waals surface area contributed by atoms with Gasteiger partial charge in [0.25, 0.3) is 0 Å². The second-order valence-electron chi connectivity index (χ2n) is 4.02. The van der Waals surface area contributed by atoms with Gasteiger partial charge in [0.1, 0.15) is 12.4 Å². The summed E-state index contributed by atoms with van der Waals surface area (Å²) in [5, 5.41) is 19.6. The molecule has 0 saturated heterocycles. The van der Waals surface area contributed by atoms with Gasteiger partial charge in [-0.3, -0.25) is 14.9 Å². The third kappa shape index (κ3) is 2.99. The zero-order valence-corrected chi connectivity index (χ0v) is 11.3. The summed E-state index contributed by atoms with van der Waals surface area (Å²) in [4.78, 5) is 24.6. The van der Waals surface area contributed by atoms with Crippen molar-refractivity contribution in [3.8, 4) is 23.4 Å². The van der Waals surface area contributed by atoms with Crippen molar-refractivity contribution in [3.05, 3.63) is 51.7 Å². The Hall–Kier alpha value is -3.47. The number of ether oxygens (including phenoxy) is 2. The molecule has 2 rings (SSSR count). The zero-order valence-electron chi connectivity index (χ0n) is 11.3. The fraction of sp³-hybridized carbons (Fsp3) is 0.0714. The number of aldehydes is 1. The minimum absolute atomic E-state index is 0.0245. The van der Waals surface area contributed by atoms with Crippen LogP contribution < -0.4 is 9.47 Å². The SMILES string of the molecule is COc1ccc(C=O)cc1Oc1ccc([N+](=O)[O-])c(C#N)n1. The molecule has 0 aliphatic rings. The summed E-state index contributed by atoms with van der Waals surface area (Å²) in [5.74, 6) is 0.533. The molecule has 0 bridgehead atoms. The molecule has 0 saturated carbocycles. The maximum atomic E-state index is 10.8. The molecule has 8 nitrogen and oxygen atoms in total. The highest BCUT2D eigenvalue weighted by molar-refractivity contribution is 5.76. The van der Waals surface area contributed by atoms with E-state index in [2.05, 4.69) is 4.98 Å². The van der Waals surface area contributed by atoms with Crippen molar-refractivity contribution in [2.24, 2.45) is 0 Å². The Morgan fingerprint density at radius 1 is 1.32 bits per heavy atom. The average Bonchev–Trinajstić information content (AvgIpc) is 2.54. The van der Waals surface area contributed by atoms with Crippen LogP contribution >= 0.6 is 0 Å². The van der Waals surface area contributed by atoms with E-state index in [1.807, 2.05) is 0 Å². The molecule has 0 amide bonds. The number of aromatic nitrogens is 1. The van der Waals surface area contributed by atoms with E-state index >= 15 is 0 Å². The molecule has 110 valence electrons. The average molecular weight is 299 g/mol.